The molecule has 0 bridgehead atoms. The van der Waals surface area contributed by atoms with Crippen LogP contribution in [0.2, 0.25) is 0 Å². The Kier molecular flexibility index (Phi) is 3.70. The predicted octanol–water partition coefficient (Wildman–Crippen LogP) is 0.936. The van der Waals surface area contributed by atoms with Crippen LogP contribution >= 0.6 is 11.3 Å². The lowest BCUT2D eigenvalue weighted by atomic mass is 9.89. The molecule has 0 atom stereocenters. The highest BCUT2D eigenvalue weighted by Crippen LogP contribution is 2.30. The van der Waals surface area contributed by atoms with Gasteiger partial charge in [0.25, 0.3) is 0 Å². The summed E-state index contributed by atoms with van der Waals surface area (Å²) in [6.07, 6.45) is 0. The van der Waals surface area contributed by atoms with Crippen LogP contribution in [0.15, 0.2) is 11.4 Å². The van der Waals surface area contributed by atoms with Gasteiger partial charge in [0.2, 0.25) is 0 Å². The first-order valence-electron chi connectivity index (χ1n) is 4.97. The highest BCUT2D eigenvalue weighted by atomic mass is 32.1. The Bertz CT molecular complexity index is 410. The highest BCUT2D eigenvalue weighted by molar-refractivity contribution is 7.10. The van der Waals surface area contributed by atoms with E-state index in [1.807, 2.05) is 32.2 Å². The van der Waals surface area contributed by atoms with Gasteiger partial charge in [0.05, 0.1) is 0 Å². The van der Waals surface area contributed by atoms with E-state index in [1.165, 1.54) is 10.4 Å². The maximum Gasteiger partial charge on any atom is 0.309 e. The number of amides is 2. The van der Waals surface area contributed by atoms with Gasteiger partial charge in [0.15, 0.2) is 0 Å². The van der Waals surface area contributed by atoms with Crippen LogP contribution in [-0.2, 0) is 15.0 Å². The topological polar surface area (TPSA) is 72.2 Å². The summed E-state index contributed by atoms with van der Waals surface area (Å²) in [5.41, 5.74) is 5.87. The number of thiophene rings is 1. The first kappa shape index (κ1) is 12.7. The summed E-state index contributed by atoms with van der Waals surface area (Å²) in [5, 5.41) is 4.55. The molecule has 4 nitrogen and oxygen atoms in total. The Hall–Kier alpha value is -1.36. The Morgan fingerprint density at radius 2 is 2.12 bits per heavy atom. The van der Waals surface area contributed by atoms with Crippen molar-refractivity contribution >= 4 is 23.2 Å². The predicted molar refractivity (Wildman–Crippen MR) is 64.3 cm³/mol. The van der Waals surface area contributed by atoms with Crippen molar-refractivity contribution in [1.82, 2.24) is 5.32 Å². The second kappa shape index (κ2) is 4.65. The van der Waals surface area contributed by atoms with E-state index in [9.17, 15) is 9.59 Å². The van der Waals surface area contributed by atoms with Gasteiger partial charge in [-0.1, -0.05) is 13.8 Å². The fourth-order valence-corrected chi connectivity index (χ4v) is 2.59. The van der Waals surface area contributed by atoms with Crippen molar-refractivity contribution in [3.63, 3.8) is 0 Å². The molecule has 0 aliphatic carbocycles. The molecule has 1 heterocycles. The number of hydrogen-bond acceptors (Lipinski definition) is 3. The minimum atomic E-state index is -0.946. The van der Waals surface area contributed by atoms with E-state index >= 15 is 0 Å². The van der Waals surface area contributed by atoms with Crippen LogP contribution in [0.25, 0.3) is 0 Å². The average Bonchev–Trinajstić information content (AvgIpc) is 2.61. The summed E-state index contributed by atoms with van der Waals surface area (Å²) < 4.78 is 0. The van der Waals surface area contributed by atoms with E-state index < -0.39 is 11.8 Å². The van der Waals surface area contributed by atoms with Crippen molar-refractivity contribution in [2.45, 2.75) is 26.2 Å². The fraction of sp³-hybridized carbons (Fsp3) is 0.455. The monoisotopic (exact) mass is 240 g/mol. The number of hydrogen-bond donors (Lipinski definition) is 2. The van der Waals surface area contributed by atoms with Crippen molar-refractivity contribution in [3.8, 4) is 0 Å². The van der Waals surface area contributed by atoms with Crippen LogP contribution in [0.4, 0.5) is 0 Å². The molecule has 16 heavy (non-hydrogen) atoms. The van der Waals surface area contributed by atoms with Gasteiger partial charge in [-0.05, 0) is 23.9 Å². The highest BCUT2D eigenvalue weighted by Gasteiger charge is 2.25. The zero-order valence-electron chi connectivity index (χ0n) is 9.66. The van der Waals surface area contributed by atoms with Crippen LogP contribution < -0.4 is 11.1 Å². The standard InChI is InChI=1S/C11H16N2O2S/c1-7-4-5-16-8(7)11(2,3)6-13-10(15)9(12)14/h4-5H,6H2,1-3H3,(H2,12,14)(H,13,15). The van der Waals surface area contributed by atoms with Gasteiger partial charge in [-0.15, -0.1) is 11.3 Å². The molecule has 0 aromatic carbocycles. The molecule has 0 unspecified atom stereocenters. The molecule has 3 N–H and O–H groups in total. The third kappa shape index (κ3) is 2.82. The molecule has 0 saturated heterocycles. The number of nitrogens with two attached hydrogens (primary N) is 1. The Labute approximate surface area is 98.8 Å². The lowest BCUT2D eigenvalue weighted by Gasteiger charge is -2.24. The van der Waals surface area contributed by atoms with Gasteiger partial charge >= 0.3 is 11.8 Å². The lowest BCUT2D eigenvalue weighted by molar-refractivity contribution is -0.137. The van der Waals surface area contributed by atoms with Gasteiger partial charge < -0.3 is 11.1 Å². The number of aryl methyl sites for hydroxylation is 1. The third-order valence-electron chi connectivity index (χ3n) is 2.39. The molecule has 1 aromatic rings. The average molecular weight is 240 g/mol. The van der Waals surface area contributed by atoms with Gasteiger partial charge in [-0.2, -0.15) is 0 Å². The fourth-order valence-electron chi connectivity index (χ4n) is 1.53. The van der Waals surface area contributed by atoms with Crippen molar-refractivity contribution in [3.05, 3.63) is 21.9 Å². The summed E-state index contributed by atoms with van der Waals surface area (Å²) in [7, 11) is 0. The minimum absolute atomic E-state index is 0.191. The normalized spacial score (nSPS) is 11.2. The van der Waals surface area contributed by atoms with Crippen LogP contribution in [0.3, 0.4) is 0 Å². The summed E-state index contributed by atoms with van der Waals surface area (Å²) in [5.74, 6) is -1.68. The minimum Gasteiger partial charge on any atom is -0.361 e. The molecule has 88 valence electrons. The second-order valence-corrected chi connectivity index (χ2v) is 5.28. The van der Waals surface area contributed by atoms with Gasteiger partial charge in [0, 0.05) is 16.8 Å². The molecule has 0 saturated carbocycles. The molecule has 1 rings (SSSR count). The molecule has 0 aliphatic rings. The van der Waals surface area contributed by atoms with Crippen molar-refractivity contribution < 1.29 is 9.59 Å². The Morgan fingerprint density at radius 3 is 2.56 bits per heavy atom. The largest absolute Gasteiger partial charge is 0.361 e. The second-order valence-electron chi connectivity index (χ2n) is 4.36. The smallest absolute Gasteiger partial charge is 0.309 e. The number of primary amides is 1. The zero-order valence-corrected chi connectivity index (χ0v) is 10.5. The molecule has 0 aliphatic heterocycles. The molecule has 2 amide bonds. The van der Waals surface area contributed by atoms with Gasteiger partial charge in [-0.3, -0.25) is 9.59 Å². The zero-order chi connectivity index (χ0) is 12.3. The lowest BCUT2D eigenvalue weighted by Crippen LogP contribution is -2.42. The summed E-state index contributed by atoms with van der Waals surface area (Å²) in [6.45, 7) is 6.47. The summed E-state index contributed by atoms with van der Waals surface area (Å²) in [6, 6.07) is 2.04. The first-order chi connectivity index (χ1) is 7.34. The number of carbonyl (C=O) groups is 2. The first-order valence-corrected chi connectivity index (χ1v) is 5.85. The van der Waals surface area contributed by atoms with E-state index in [2.05, 4.69) is 5.32 Å². The maximum atomic E-state index is 11.1. The SMILES string of the molecule is Cc1ccsc1C(C)(C)CNC(=O)C(N)=O. The number of nitrogens with one attached hydrogen (secondary N) is 1. The van der Waals surface area contributed by atoms with Crippen LogP contribution in [-0.4, -0.2) is 18.4 Å². The molecule has 0 fully saturated rings. The quantitative estimate of drug-likeness (QED) is 0.772. The molecular formula is C11H16N2O2S. The van der Waals surface area contributed by atoms with Crippen molar-refractivity contribution in [2.75, 3.05) is 6.54 Å². The van der Waals surface area contributed by atoms with E-state index in [0.29, 0.717) is 6.54 Å². The van der Waals surface area contributed by atoms with Crippen molar-refractivity contribution in [1.29, 1.82) is 0 Å². The number of rotatable bonds is 3. The number of carbonyl (C=O) groups excluding carboxylic acids is 2. The molecule has 1 aromatic heterocycles. The van der Waals surface area contributed by atoms with Crippen LogP contribution in [0, 0.1) is 6.92 Å². The maximum absolute atomic E-state index is 11.1. The third-order valence-corrected chi connectivity index (χ3v) is 3.77. The Balaban J connectivity index is 2.70. The van der Waals surface area contributed by atoms with Crippen molar-refractivity contribution in [2.24, 2.45) is 5.73 Å². The molecular weight excluding hydrogens is 224 g/mol. The van der Waals surface area contributed by atoms with Crippen LogP contribution in [0.1, 0.15) is 24.3 Å². The molecule has 0 radical (unpaired) electrons. The van der Waals surface area contributed by atoms with E-state index in [-0.39, 0.29) is 5.41 Å². The van der Waals surface area contributed by atoms with Gasteiger partial charge in [0.1, 0.15) is 0 Å². The summed E-state index contributed by atoms with van der Waals surface area (Å²) >= 11 is 1.65. The summed E-state index contributed by atoms with van der Waals surface area (Å²) in [4.78, 5) is 22.8. The molecule has 5 heteroatoms. The van der Waals surface area contributed by atoms with Crippen LogP contribution in [0.5, 0.6) is 0 Å². The van der Waals surface area contributed by atoms with E-state index in [4.69, 9.17) is 5.73 Å². The van der Waals surface area contributed by atoms with E-state index in [0.717, 1.165) is 0 Å². The Morgan fingerprint density at radius 1 is 1.50 bits per heavy atom. The van der Waals surface area contributed by atoms with E-state index in [1.54, 1.807) is 11.3 Å². The molecule has 0 spiro atoms. The van der Waals surface area contributed by atoms with Gasteiger partial charge in [-0.25, -0.2) is 0 Å².